The number of thioether (sulfide) groups is 1. The standard InChI is InChI=1S/C15H17F2NO3S/c1-9-2-3-10(15(20)21)7-18(9)14(19)8-22-11-4-5-12(16)13(17)6-11/h4-6,9-10H,2-3,7-8H2,1H3,(H,20,21). The number of benzene rings is 1. The van der Waals surface area contributed by atoms with Gasteiger partial charge in [-0.3, -0.25) is 9.59 Å². The molecule has 1 aromatic rings. The number of carboxylic acids is 1. The molecule has 0 bridgehead atoms. The summed E-state index contributed by atoms with van der Waals surface area (Å²) < 4.78 is 26.0. The molecule has 22 heavy (non-hydrogen) atoms. The molecule has 4 nitrogen and oxygen atoms in total. The fourth-order valence-electron chi connectivity index (χ4n) is 2.45. The van der Waals surface area contributed by atoms with Crippen LogP contribution in [0, 0.1) is 17.6 Å². The summed E-state index contributed by atoms with van der Waals surface area (Å²) in [6.07, 6.45) is 1.22. The molecule has 1 heterocycles. The molecular formula is C15H17F2NO3S. The summed E-state index contributed by atoms with van der Waals surface area (Å²) in [5, 5.41) is 9.07. The van der Waals surface area contributed by atoms with Crippen LogP contribution < -0.4 is 0 Å². The van der Waals surface area contributed by atoms with Gasteiger partial charge in [-0.25, -0.2) is 8.78 Å². The van der Waals surface area contributed by atoms with E-state index in [-0.39, 0.29) is 24.2 Å². The van der Waals surface area contributed by atoms with Crippen molar-refractivity contribution in [2.75, 3.05) is 12.3 Å². The lowest BCUT2D eigenvalue weighted by Gasteiger charge is -2.36. The number of piperidine rings is 1. The average Bonchev–Trinajstić information content (AvgIpc) is 2.48. The Bertz CT molecular complexity index is 582. The molecule has 7 heteroatoms. The van der Waals surface area contributed by atoms with Crippen LogP contribution in [0.1, 0.15) is 19.8 Å². The minimum Gasteiger partial charge on any atom is -0.481 e. The van der Waals surface area contributed by atoms with E-state index in [4.69, 9.17) is 5.11 Å². The molecular weight excluding hydrogens is 312 g/mol. The highest BCUT2D eigenvalue weighted by atomic mass is 32.2. The number of carbonyl (C=O) groups excluding carboxylic acids is 1. The first kappa shape index (κ1) is 16.7. The van der Waals surface area contributed by atoms with Crippen molar-refractivity contribution in [1.82, 2.24) is 4.90 Å². The molecule has 1 fully saturated rings. The first-order valence-corrected chi connectivity index (χ1v) is 7.97. The van der Waals surface area contributed by atoms with Crippen LogP contribution in [0.25, 0.3) is 0 Å². The van der Waals surface area contributed by atoms with Crippen molar-refractivity contribution in [1.29, 1.82) is 0 Å². The topological polar surface area (TPSA) is 57.6 Å². The van der Waals surface area contributed by atoms with Gasteiger partial charge < -0.3 is 10.0 Å². The van der Waals surface area contributed by atoms with Gasteiger partial charge in [-0.15, -0.1) is 11.8 Å². The van der Waals surface area contributed by atoms with Gasteiger partial charge in [0.2, 0.25) is 5.91 Å². The maximum Gasteiger partial charge on any atom is 0.308 e. The highest BCUT2D eigenvalue weighted by Gasteiger charge is 2.32. The number of nitrogens with zero attached hydrogens (tertiary/aromatic N) is 1. The monoisotopic (exact) mass is 329 g/mol. The van der Waals surface area contributed by atoms with E-state index >= 15 is 0 Å². The Morgan fingerprint density at radius 1 is 1.32 bits per heavy atom. The van der Waals surface area contributed by atoms with Gasteiger partial charge in [0, 0.05) is 17.5 Å². The van der Waals surface area contributed by atoms with Crippen LogP contribution in [-0.2, 0) is 9.59 Å². The first-order chi connectivity index (χ1) is 10.4. The van der Waals surface area contributed by atoms with Gasteiger partial charge in [0.1, 0.15) is 0 Å². The fourth-order valence-corrected chi connectivity index (χ4v) is 3.26. The Morgan fingerprint density at radius 3 is 2.68 bits per heavy atom. The van der Waals surface area contributed by atoms with Gasteiger partial charge in [-0.05, 0) is 38.0 Å². The van der Waals surface area contributed by atoms with Crippen molar-refractivity contribution >= 4 is 23.6 Å². The van der Waals surface area contributed by atoms with E-state index in [1.165, 1.54) is 6.07 Å². The normalized spacial score (nSPS) is 21.7. The van der Waals surface area contributed by atoms with E-state index in [0.717, 1.165) is 23.9 Å². The third-order valence-electron chi connectivity index (χ3n) is 3.81. The Kier molecular flexibility index (Phi) is 5.39. The Hall–Kier alpha value is -1.63. The molecule has 120 valence electrons. The van der Waals surface area contributed by atoms with E-state index in [0.29, 0.717) is 17.7 Å². The van der Waals surface area contributed by atoms with Crippen LogP contribution >= 0.6 is 11.8 Å². The van der Waals surface area contributed by atoms with Gasteiger partial charge >= 0.3 is 5.97 Å². The summed E-state index contributed by atoms with van der Waals surface area (Å²) in [6, 6.07) is 3.48. The van der Waals surface area contributed by atoms with Crippen LogP contribution in [0.5, 0.6) is 0 Å². The van der Waals surface area contributed by atoms with Crippen molar-refractivity contribution in [3.05, 3.63) is 29.8 Å². The molecule has 0 radical (unpaired) electrons. The van der Waals surface area contributed by atoms with Crippen LogP contribution in [0.4, 0.5) is 8.78 Å². The Balaban J connectivity index is 1.95. The minimum absolute atomic E-state index is 0.00588. The molecule has 2 atom stereocenters. The summed E-state index contributed by atoms with van der Waals surface area (Å²) in [5.74, 6) is -3.42. The second-order valence-corrected chi connectivity index (χ2v) is 6.42. The van der Waals surface area contributed by atoms with Crippen LogP contribution in [0.2, 0.25) is 0 Å². The number of rotatable bonds is 4. The molecule has 1 aliphatic heterocycles. The van der Waals surface area contributed by atoms with Gasteiger partial charge in [-0.2, -0.15) is 0 Å². The summed E-state index contributed by atoms with van der Waals surface area (Å²) >= 11 is 1.11. The zero-order valence-corrected chi connectivity index (χ0v) is 12.9. The lowest BCUT2D eigenvalue weighted by Crippen LogP contribution is -2.48. The molecule has 1 N–H and O–H groups in total. The number of hydrogen-bond donors (Lipinski definition) is 1. The van der Waals surface area contributed by atoms with Gasteiger partial charge in [-0.1, -0.05) is 0 Å². The van der Waals surface area contributed by atoms with Crippen LogP contribution in [0.3, 0.4) is 0 Å². The highest BCUT2D eigenvalue weighted by molar-refractivity contribution is 8.00. The third-order valence-corrected chi connectivity index (χ3v) is 4.78. The molecule has 1 aliphatic rings. The molecule has 2 rings (SSSR count). The van der Waals surface area contributed by atoms with E-state index in [2.05, 4.69) is 0 Å². The highest BCUT2D eigenvalue weighted by Crippen LogP contribution is 2.25. The molecule has 1 aromatic carbocycles. The maximum atomic E-state index is 13.1. The second kappa shape index (κ2) is 7.09. The third kappa shape index (κ3) is 3.97. The Morgan fingerprint density at radius 2 is 2.05 bits per heavy atom. The van der Waals surface area contributed by atoms with Gasteiger partial charge in [0.05, 0.1) is 11.7 Å². The predicted molar refractivity (Wildman–Crippen MR) is 78.6 cm³/mol. The fraction of sp³-hybridized carbons (Fsp3) is 0.467. The number of likely N-dealkylation sites (tertiary alicyclic amines) is 1. The lowest BCUT2D eigenvalue weighted by molar-refractivity contribution is -0.146. The number of carbonyl (C=O) groups is 2. The SMILES string of the molecule is CC1CCC(C(=O)O)CN1C(=O)CSc1ccc(F)c(F)c1. The van der Waals surface area contributed by atoms with Crippen LogP contribution in [-0.4, -0.2) is 40.2 Å². The molecule has 1 amide bonds. The Labute approximate surface area is 131 Å². The van der Waals surface area contributed by atoms with Crippen molar-refractivity contribution in [2.45, 2.75) is 30.7 Å². The summed E-state index contributed by atoms with van der Waals surface area (Å²) in [4.78, 5) is 25.3. The molecule has 2 unspecified atom stereocenters. The van der Waals surface area contributed by atoms with E-state index in [1.807, 2.05) is 6.92 Å². The quantitative estimate of drug-likeness (QED) is 0.863. The van der Waals surface area contributed by atoms with Crippen LogP contribution in [0.15, 0.2) is 23.1 Å². The number of aliphatic carboxylic acids is 1. The first-order valence-electron chi connectivity index (χ1n) is 6.98. The number of halogens is 2. The largest absolute Gasteiger partial charge is 0.481 e. The lowest BCUT2D eigenvalue weighted by atomic mass is 9.93. The van der Waals surface area contributed by atoms with E-state index < -0.39 is 23.5 Å². The molecule has 0 aromatic heterocycles. The van der Waals surface area contributed by atoms with Crippen molar-refractivity contribution in [3.63, 3.8) is 0 Å². The second-order valence-electron chi connectivity index (χ2n) is 5.37. The van der Waals surface area contributed by atoms with E-state index in [9.17, 15) is 18.4 Å². The molecule has 0 aliphatic carbocycles. The summed E-state index contributed by atoms with van der Waals surface area (Å²) in [7, 11) is 0. The van der Waals surface area contributed by atoms with Crippen molar-refractivity contribution in [3.8, 4) is 0 Å². The molecule has 1 saturated heterocycles. The zero-order valence-electron chi connectivity index (χ0n) is 12.1. The number of hydrogen-bond acceptors (Lipinski definition) is 3. The molecule has 0 spiro atoms. The van der Waals surface area contributed by atoms with Gasteiger partial charge in [0.25, 0.3) is 0 Å². The number of carboxylic acid groups (broad SMARTS) is 1. The van der Waals surface area contributed by atoms with Crippen molar-refractivity contribution in [2.24, 2.45) is 5.92 Å². The molecule has 0 saturated carbocycles. The van der Waals surface area contributed by atoms with Gasteiger partial charge in [0.15, 0.2) is 11.6 Å². The summed E-state index contributed by atoms with van der Waals surface area (Å²) in [6.45, 7) is 2.09. The number of amides is 1. The minimum atomic E-state index is -0.949. The maximum absolute atomic E-state index is 13.1. The smallest absolute Gasteiger partial charge is 0.308 e. The summed E-state index contributed by atoms with van der Waals surface area (Å²) in [5.41, 5.74) is 0. The van der Waals surface area contributed by atoms with Crippen molar-refractivity contribution < 1.29 is 23.5 Å². The predicted octanol–water partition coefficient (Wildman–Crippen LogP) is 2.77. The zero-order chi connectivity index (χ0) is 16.3. The van der Waals surface area contributed by atoms with E-state index in [1.54, 1.807) is 4.90 Å². The average molecular weight is 329 g/mol.